The van der Waals surface area contributed by atoms with Crippen molar-refractivity contribution >= 4 is 19.7 Å². The molecule has 0 N–H and O–H groups in total. The molecule has 0 saturated heterocycles. The summed E-state index contributed by atoms with van der Waals surface area (Å²) in [5.74, 6) is -0.318. The number of halogens is 2. The van der Waals surface area contributed by atoms with Gasteiger partial charge in [0.1, 0.15) is 10.7 Å². The van der Waals surface area contributed by atoms with Crippen LogP contribution in [0.3, 0.4) is 0 Å². The lowest BCUT2D eigenvalue weighted by Gasteiger charge is -2.05. The number of benzene rings is 1. The van der Waals surface area contributed by atoms with Gasteiger partial charge >= 0.3 is 0 Å². The minimum Gasteiger partial charge on any atom is -0.264 e. The van der Waals surface area contributed by atoms with Crippen LogP contribution in [0.1, 0.15) is 17.0 Å². The van der Waals surface area contributed by atoms with E-state index in [0.717, 1.165) is 5.56 Å². The van der Waals surface area contributed by atoms with Gasteiger partial charge in [-0.3, -0.25) is 4.68 Å². The first kappa shape index (κ1) is 14.0. The maximum atomic E-state index is 12.8. The lowest BCUT2D eigenvalue weighted by molar-refractivity contribution is 0.607. The van der Waals surface area contributed by atoms with Crippen LogP contribution in [0.25, 0.3) is 0 Å². The van der Waals surface area contributed by atoms with Crippen LogP contribution >= 0.6 is 10.7 Å². The molecule has 0 aliphatic heterocycles. The summed E-state index contributed by atoms with van der Waals surface area (Å²) in [6, 6.07) is 5.95. The molecule has 1 aromatic carbocycles. The number of rotatable bonds is 3. The Morgan fingerprint density at radius 1 is 1.26 bits per heavy atom. The van der Waals surface area contributed by atoms with E-state index in [9.17, 15) is 12.8 Å². The first-order chi connectivity index (χ1) is 8.79. The third kappa shape index (κ3) is 2.96. The Balaban J connectivity index is 2.40. The Bertz CT molecular complexity index is 708. The molecule has 0 saturated carbocycles. The number of hydrogen-bond acceptors (Lipinski definition) is 3. The Morgan fingerprint density at radius 3 is 2.32 bits per heavy atom. The van der Waals surface area contributed by atoms with Gasteiger partial charge in [-0.15, -0.1) is 0 Å². The average molecular weight is 303 g/mol. The van der Waals surface area contributed by atoms with Crippen LogP contribution in [0.15, 0.2) is 29.2 Å². The van der Waals surface area contributed by atoms with E-state index in [2.05, 4.69) is 5.10 Å². The van der Waals surface area contributed by atoms with Gasteiger partial charge < -0.3 is 0 Å². The molecule has 0 fully saturated rings. The first-order valence-electron chi connectivity index (χ1n) is 5.52. The van der Waals surface area contributed by atoms with Gasteiger partial charge in [0.2, 0.25) is 0 Å². The molecule has 7 heteroatoms. The molecule has 0 unspecified atom stereocenters. The maximum absolute atomic E-state index is 12.8. The fraction of sp³-hybridized carbons (Fsp3) is 0.250. The fourth-order valence-electron chi connectivity index (χ4n) is 1.95. The highest BCUT2D eigenvalue weighted by atomic mass is 35.7. The van der Waals surface area contributed by atoms with Gasteiger partial charge in [0.25, 0.3) is 9.05 Å². The minimum absolute atomic E-state index is 0.0382. The summed E-state index contributed by atoms with van der Waals surface area (Å²) in [6.07, 6.45) is 0. The Labute approximate surface area is 115 Å². The molecule has 1 heterocycles. The summed E-state index contributed by atoms with van der Waals surface area (Å²) in [6.45, 7) is 3.58. The van der Waals surface area contributed by atoms with Crippen molar-refractivity contribution in [3.8, 4) is 0 Å². The van der Waals surface area contributed by atoms with Crippen LogP contribution in [0.2, 0.25) is 0 Å². The number of aromatic nitrogens is 2. The molecule has 0 radical (unpaired) electrons. The Morgan fingerprint density at radius 2 is 1.84 bits per heavy atom. The van der Waals surface area contributed by atoms with E-state index in [1.807, 2.05) is 0 Å². The quantitative estimate of drug-likeness (QED) is 0.819. The van der Waals surface area contributed by atoms with Gasteiger partial charge in [0.05, 0.1) is 17.9 Å². The molecule has 0 aliphatic rings. The highest BCUT2D eigenvalue weighted by molar-refractivity contribution is 8.13. The molecular formula is C12H12ClFN2O2S. The standard InChI is InChI=1S/C12H12ClFN2O2S/c1-8-12(19(13,17)18)9(2)16(15-8)7-10-3-5-11(14)6-4-10/h3-6H,7H2,1-2H3. The van der Waals surface area contributed by atoms with E-state index in [-0.39, 0.29) is 10.7 Å². The van der Waals surface area contributed by atoms with Crippen LogP contribution < -0.4 is 0 Å². The highest BCUT2D eigenvalue weighted by Gasteiger charge is 2.22. The Hall–Kier alpha value is -1.40. The van der Waals surface area contributed by atoms with Crippen molar-refractivity contribution in [2.24, 2.45) is 0 Å². The van der Waals surface area contributed by atoms with Crippen LogP contribution in [0, 0.1) is 19.7 Å². The van der Waals surface area contributed by atoms with Crippen LogP contribution in [-0.4, -0.2) is 18.2 Å². The summed E-state index contributed by atoms with van der Waals surface area (Å²) >= 11 is 0. The molecule has 2 rings (SSSR count). The predicted molar refractivity (Wildman–Crippen MR) is 70.2 cm³/mol. The zero-order valence-electron chi connectivity index (χ0n) is 10.4. The van der Waals surface area contributed by atoms with Crippen molar-refractivity contribution in [1.82, 2.24) is 9.78 Å². The molecule has 2 aromatic rings. The van der Waals surface area contributed by atoms with E-state index in [0.29, 0.717) is 17.9 Å². The maximum Gasteiger partial charge on any atom is 0.264 e. The summed E-state index contributed by atoms with van der Waals surface area (Å²) in [4.78, 5) is 0.0382. The minimum atomic E-state index is -3.81. The fourth-order valence-corrected chi connectivity index (χ4v) is 3.47. The molecule has 0 atom stereocenters. The SMILES string of the molecule is Cc1nn(Cc2ccc(F)cc2)c(C)c1S(=O)(=O)Cl. The lowest BCUT2D eigenvalue weighted by Crippen LogP contribution is -2.04. The van der Waals surface area contributed by atoms with E-state index in [4.69, 9.17) is 10.7 Å². The average Bonchev–Trinajstić information content (AvgIpc) is 2.56. The van der Waals surface area contributed by atoms with Crippen LogP contribution in [-0.2, 0) is 15.6 Å². The van der Waals surface area contributed by atoms with Gasteiger partial charge in [-0.2, -0.15) is 5.10 Å². The number of hydrogen-bond donors (Lipinski definition) is 0. The van der Waals surface area contributed by atoms with Crippen molar-refractivity contribution in [3.05, 3.63) is 47.0 Å². The third-order valence-electron chi connectivity index (χ3n) is 2.80. The zero-order valence-corrected chi connectivity index (χ0v) is 12.0. The topological polar surface area (TPSA) is 52.0 Å². The van der Waals surface area contributed by atoms with Crippen molar-refractivity contribution in [2.75, 3.05) is 0 Å². The largest absolute Gasteiger partial charge is 0.264 e. The van der Waals surface area contributed by atoms with Gasteiger partial charge in [0.15, 0.2) is 0 Å². The molecule has 19 heavy (non-hydrogen) atoms. The third-order valence-corrected chi connectivity index (χ3v) is 4.35. The predicted octanol–water partition coefficient (Wildman–Crippen LogP) is 2.61. The number of aryl methyl sites for hydroxylation is 1. The molecule has 0 amide bonds. The smallest absolute Gasteiger partial charge is 0.264 e. The monoisotopic (exact) mass is 302 g/mol. The van der Waals surface area contributed by atoms with Crippen molar-refractivity contribution in [3.63, 3.8) is 0 Å². The molecule has 0 bridgehead atoms. The second-order valence-corrected chi connectivity index (χ2v) is 6.72. The van der Waals surface area contributed by atoms with Crippen LogP contribution in [0.5, 0.6) is 0 Å². The lowest BCUT2D eigenvalue weighted by atomic mass is 10.2. The molecule has 0 spiro atoms. The summed E-state index contributed by atoms with van der Waals surface area (Å²) in [5, 5.41) is 4.15. The van der Waals surface area contributed by atoms with E-state index >= 15 is 0 Å². The molecule has 102 valence electrons. The zero-order chi connectivity index (χ0) is 14.2. The van der Waals surface area contributed by atoms with E-state index < -0.39 is 9.05 Å². The second kappa shape index (κ2) is 4.94. The van der Waals surface area contributed by atoms with E-state index in [1.54, 1.807) is 26.0 Å². The highest BCUT2D eigenvalue weighted by Crippen LogP contribution is 2.23. The summed E-state index contributed by atoms with van der Waals surface area (Å²) < 4.78 is 37.2. The Kier molecular flexibility index (Phi) is 3.64. The molecule has 0 aliphatic carbocycles. The van der Waals surface area contributed by atoms with Crippen LogP contribution in [0.4, 0.5) is 4.39 Å². The summed E-state index contributed by atoms with van der Waals surface area (Å²) in [5.41, 5.74) is 1.65. The van der Waals surface area contributed by atoms with Gasteiger partial charge in [0, 0.05) is 10.7 Å². The second-order valence-electron chi connectivity index (χ2n) is 4.22. The number of nitrogens with zero attached hydrogens (tertiary/aromatic N) is 2. The normalized spacial score (nSPS) is 11.8. The van der Waals surface area contributed by atoms with Gasteiger partial charge in [-0.25, -0.2) is 12.8 Å². The summed E-state index contributed by atoms with van der Waals surface area (Å²) in [7, 11) is 1.56. The van der Waals surface area contributed by atoms with Gasteiger partial charge in [-0.05, 0) is 31.5 Å². The van der Waals surface area contributed by atoms with Crippen molar-refractivity contribution in [1.29, 1.82) is 0 Å². The van der Waals surface area contributed by atoms with E-state index in [1.165, 1.54) is 16.8 Å². The first-order valence-corrected chi connectivity index (χ1v) is 7.83. The molecule has 4 nitrogen and oxygen atoms in total. The molecule has 1 aromatic heterocycles. The van der Waals surface area contributed by atoms with Crippen molar-refractivity contribution < 1.29 is 12.8 Å². The molecular weight excluding hydrogens is 291 g/mol. The van der Waals surface area contributed by atoms with Gasteiger partial charge in [-0.1, -0.05) is 12.1 Å². The van der Waals surface area contributed by atoms with Crippen molar-refractivity contribution in [2.45, 2.75) is 25.3 Å².